The van der Waals surface area contributed by atoms with Crippen LogP contribution in [0.5, 0.6) is 0 Å². The van der Waals surface area contributed by atoms with Crippen LogP contribution in [-0.4, -0.2) is 5.91 Å². The Hall–Kier alpha value is -2.80. The van der Waals surface area contributed by atoms with Gasteiger partial charge in [0.1, 0.15) is 11.1 Å². The number of benzene rings is 2. The van der Waals surface area contributed by atoms with E-state index in [0.717, 1.165) is 6.07 Å². The van der Waals surface area contributed by atoms with Gasteiger partial charge < -0.3 is 9.73 Å². The van der Waals surface area contributed by atoms with Gasteiger partial charge in [-0.3, -0.25) is 4.79 Å². The lowest BCUT2D eigenvalue weighted by atomic mass is 10.1. The molecule has 1 heterocycles. The van der Waals surface area contributed by atoms with Crippen LogP contribution in [0.3, 0.4) is 0 Å². The van der Waals surface area contributed by atoms with Gasteiger partial charge in [-0.15, -0.1) is 0 Å². The van der Waals surface area contributed by atoms with Gasteiger partial charge in [-0.2, -0.15) is 0 Å². The molecule has 1 N–H and O–H groups in total. The van der Waals surface area contributed by atoms with Crippen molar-refractivity contribution in [2.24, 2.45) is 0 Å². The zero-order valence-electron chi connectivity index (χ0n) is 11.7. The number of anilines is 1. The second-order valence-electron chi connectivity index (χ2n) is 4.81. The summed E-state index contributed by atoms with van der Waals surface area (Å²) in [5.74, 6) is -5.73. The molecule has 24 heavy (non-hydrogen) atoms. The van der Waals surface area contributed by atoms with Crippen molar-refractivity contribution in [3.63, 3.8) is 0 Å². The third kappa shape index (κ3) is 2.85. The zero-order valence-corrected chi connectivity index (χ0v) is 12.5. The molecule has 0 unspecified atom stereocenters. The van der Waals surface area contributed by atoms with Crippen molar-refractivity contribution in [1.82, 2.24) is 0 Å². The van der Waals surface area contributed by atoms with Gasteiger partial charge in [-0.05, 0) is 36.4 Å². The van der Waals surface area contributed by atoms with Gasteiger partial charge in [-0.25, -0.2) is 18.0 Å². The summed E-state index contributed by atoms with van der Waals surface area (Å²) in [7, 11) is 0. The Morgan fingerprint density at radius 1 is 1.04 bits per heavy atom. The first-order chi connectivity index (χ1) is 11.4. The van der Waals surface area contributed by atoms with E-state index in [9.17, 15) is 22.8 Å². The van der Waals surface area contributed by atoms with Gasteiger partial charge >= 0.3 is 5.63 Å². The first-order valence-electron chi connectivity index (χ1n) is 6.55. The van der Waals surface area contributed by atoms with E-state index in [0.29, 0.717) is 16.5 Å². The number of halogens is 4. The predicted octanol–water partition coefficient (Wildman–Crippen LogP) is 4.12. The van der Waals surface area contributed by atoms with E-state index in [2.05, 4.69) is 0 Å². The van der Waals surface area contributed by atoms with Crippen LogP contribution in [0.1, 0.15) is 10.4 Å². The average molecular weight is 354 g/mol. The van der Waals surface area contributed by atoms with Gasteiger partial charge in [-0.1, -0.05) is 11.6 Å². The Bertz CT molecular complexity index is 1030. The lowest BCUT2D eigenvalue weighted by Crippen LogP contribution is -2.21. The van der Waals surface area contributed by atoms with Crippen LogP contribution in [0.4, 0.5) is 18.9 Å². The maximum absolute atomic E-state index is 13.6. The molecule has 1 amide bonds. The van der Waals surface area contributed by atoms with Crippen molar-refractivity contribution >= 4 is 34.2 Å². The molecule has 0 saturated carbocycles. The summed E-state index contributed by atoms with van der Waals surface area (Å²) >= 11 is 5.83. The number of carbonyl (C=O) groups is 1. The fourth-order valence-corrected chi connectivity index (χ4v) is 2.25. The number of amides is 1. The largest absolute Gasteiger partial charge is 0.422 e. The zero-order chi connectivity index (χ0) is 17.4. The topological polar surface area (TPSA) is 59.3 Å². The molecule has 2 aromatic carbocycles. The van der Waals surface area contributed by atoms with Crippen molar-refractivity contribution in [3.05, 3.63) is 74.9 Å². The molecule has 0 spiro atoms. The third-order valence-electron chi connectivity index (χ3n) is 3.22. The first-order valence-corrected chi connectivity index (χ1v) is 6.93. The molecule has 0 saturated heterocycles. The highest BCUT2D eigenvalue weighted by Gasteiger charge is 2.19. The highest BCUT2D eigenvalue weighted by molar-refractivity contribution is 6.31. The molecule has 3 aromatic rings. The molecule has 8 heteroatoms. The second-order valence-corrected chi connectivity index (χ2v) is 5.24. The SMILES string of the molecule is O=C(Nc1ccc(F)c(F)c1F)c1cc2cc(Cl)ccc2oc1=O. The minimum absolute atomic E-state index is 0.208. The maximum atomic E-state index is 13.6. The predicted molar refractivity (Wildman–Crippen MR) is 81.8 cm³/mol. The number of fused-ring (bicyclic) bond motifs is 1. The van der Waals surface area contributed by atoms with E-state index in [4.69, 9.17) is 16.0 Å². The van der Waals surface area contributed by atoms with Crippen LogP contribution >= 0.6 is 11.6 Å². The molecular formula is C16H7ClF3NO3. The summed E-state index contributed by atoms with van der Waals surface area (Å²) in [4.78, 5) is 24.0. The fourth-order valence-electron chi connectivity index (χ4n) is 2.06. The molecule has 0 fully saturated rings. The standard InChI is InChI=1S/C16H7ClF3NO3/c17-8-1-4-12-7(5-8)6-9(16(23)24-12)15(22)21-11-3-2-10(18)13(19)14(11)20/h1-6H,(H,21,22). The van der Waals surface area contributed by atoms with Gasteiger partial charge in [0.2, 0.25) is 0 Å². The Kier molecular flexibility index (Phi) is 4.02. The minimum Gasteiger partial charge on any atom is -0.422 e. The van der Waals surface area contributed by atoms with Crippen LogP contribution in [0.25, 0.3) is 11.0 Å². The Morgan fingerprint density at radius 3 is 2.54 bits per heavy atom. The van der Waals surface area contributed by atoms with Gasteiger partial charge in [0, 0.05) is 10.4 Å². The number of hydrogen-bond donors (Lipinski definition) is 1. The lowest BCUT2D eigenvalue weighted by Gasteiger charge is -2.07. The molecule has 1 aromatic heterocycles. The Labute approximate surface area is 137 Å². The van der Waals surface area contributed by atoms with Crippen molar-refractivity contribution in [2.45, 2.75) is 0 Å². The molecule has 3 rings (SSSR count). The number of hydrogen-bond acceptors (Lipinski definition) is 3. The summed E-state index contributed by atoms with van der Waals surface area (Å²) in [6.45, 7) is 0. The average Bonchev–Trinajstić information content (AvgIpc) is 2.55. The normalized spacial score (nSPS) is 10.8. The smallest absolute Gasteiger partial charge is 0.349 e. The van der Waals surface area contributed by atoms with E-state index >= 15 is 0 Å². The van der Waals surface area contributed by atoms with E-state index < -0.39 is 40.2 Å². The number of nitrogens with one attached hydrogen (secondary N) is 1. The molecule has 0 atom stereocenters. The Morgan fingerprint density at radius 2 is 1.79 bits per heavy atom. The monoisotopic (exact) mass is 353 g/mol. The van der Waals surface area contributed by atoms with Gasteiger partial charge in [0.05, 0.1) is 5.69 Å². The molecule has 122 valence electrons. The highest BCUT2D eigenvalue weighted by atomic mass is 35.5. The number of carbonyl (C=O) groups excluding carboxylic acids is 1. The molecular weight excluding hydrogens is 347 g/mol. The second kappa shape index (κ2) is 6.01. The number of rotatable bonds is 2. The van der Waals surface area contributed by atoms with Crippen molar-refractivity contribution in [3.8, 4) is 0 Å². The summed E-state index contributed by atoms with van der Waals surface area (Å²) < 4.78 is 44.6. The molecule has 0 bridgehead atoms. The summed E-state index contributed by atoms with van der Waals surface area (Å²) in [5.41, 5.74) is -1.80. The van der Waals surface area contributed by atoms with E-state index in [-0.39, 0.29) is 5.58 Å². The summed E-state index contributed by atoms with van der Waals surface area (Å²) in [6, 6.07) is 7.12. The van der Waals surface area contributed by atoms with E-state index in [1.807, 2.05) is 5.32 Å². The molecule has 0 aliphatic heterocycles. The van der Waals surface area contributed by atoms with Crippen LogP contribution in [-0.2, 0) is 0 Å². The van der Waals surface area contributed by atoms with Crippen LogP contribution in [0.2, 0.25) is 5.02 Å². The molecule has 0 radical (unpaired) electrons. The quantitative estimate of drug-likeness (QED) is 0.557. The summed E-state index contributed by atoms with van der Waals surface area (Å²) in [5, 5.41) is 2.73. The molecule has 4 nitrogen and oxygen atoms in total. The molecule has 0 aliphatic rings. The molecule has 0 aliphatic carbocycles. The summed E-state index contributed by atoms with van der Waals surface area (Å²) in [6.07, 6.45) is 0. The maximum Gasteiger partial charge on any atom is 0.349 e. The lowest BCUT2D eigenvalue weighted by molar-refractivity contribution is 0.102. The van der Waals surface area contributed by atoms with Gasteiger partial charge in [0.15, 0.2) is 17.5 Å². The van der Waals surface area contributed by atoms with E-state index in [1.165, 1.54) is 24.3 Å². The van der Waals surface area contributed by atoms with Gasteiger partial charge in [0.25, 0.3) is 5.91 Å². The van der Waals surface area contributed by atoms with Crippen LogP contribution in [0.15, 0.2) is 45.6 Å². The third-order valence-corrected chi connectivity index (χ3v) is 3.46. The Balaban J connectivity index is 2.01. The van der Waals surface area contributed by atoms with Crippen LogP contribution < -0.4 is 10.9 Å². The fraction of sp³-hybridized carbons (Fsp3) is 0. The highest BCUT2D eigenvalue weighted by Crippen LogP contribution is 2.22. The van der Waals surface area contributed by atoms with Crippen molar-refractivity contribution < 1.29 is 22.4 Å². The van der Waals surface area contributed by atoms with Crippen molar-refractivity contribution in [2.75, 3.05) is 5.32 Å². The first kappa shape index (κ1) is 16.1. The minimum atomic E-state index is -1.73. The van der Waals surface area contributed by atoms with Crippen LogP contribution in [0, 0.1) is 17.5 Å². The van der Waals surface area contributed by atoms with Crippen molar-refractivity contribution in [1.29, 1.82) is 0 Å². The van der Waals surface area contributed by atoms with E-state index in [1.54, 1.807) is 0 Å².